The van der Waals surface area contributed by atoms with Crippen molar-refractivity contribution in [1.82, 2.24) is 0 Å². The van der Waals surface area contributed by atoms with E-state index in [1.807, 2.05) is 0 Å². The van der Waals surface area contributed by atoms with E-state index in [-0.39, 0.29) is 67.0 Å². The molecule has 5 rings (SSSR count). The van der Waals surface area contributed by atoms with Gasteiger partial charge in [0.15, 0.2) is 5.79 Å². The molecule has 0 bridgehead atoms. The van der Waals surface area contributed by atoms with Crippen molar-refractivity contribution in [2.75, 3.05) is 4.43 Å². The van der Waals surface area contributed by atoms with Crippen molar-refractivity contribution in [2.24, 2.45) is 11.8 Å². The predicted octanol–water partition coefficient (Wildman–Crippen LogP) is 2.73. The van der Waals surface area contributed by atoms with Gasteiger partial charge in [0.1, 0.15) is 24.4 Å². The van der Waals surface area contributed by atoms with E-state index in [0.29, 0.717) is 25.7 Å². The number of alkyl halides is 1. The van der Waals surface area contributed by atoms with Gasteiger partial charge < -0.3 is 28.4 Å². The fourth-order valence-electron chi connectivity index (χ4n) is 5.74. The number of esters is 1. The summed E-state index contributed by atoms with van der Waals surface area (Å²) in [6, 6.07) is 0. The molecule has 0 radical (unpaired) electrons. The minimum atomic E-state index is -0.704. The number of cyclic esters (lactones) is 2. The summed E-state index contributed by atoms with van der Waals surface area (Å²) < 4.78 is 36.0. The summed E-state index contributed by atoms with van der Waals surface area (Å²) in [5, 5.41) is 0. The number of carbonyl (C=O) groups is 2. The van der Waals surface area contributed by atoms with Crippen LogP contribution < -0.4 is 0 Å². The number of ether oxygens (including phenoxy) is 6. The van der Waals surface area contributed by atoms with E-state index >= 15 is 0 Å². The number of hydrogen-bond donors (Lipinski definition) is 0. The third-order valence-electron chi connectivity index (χ3n) is 6.88. The molecule has 5 heterocycles. The fraction of sp³-hybridized carbons (Fsp3) is 0.900. The van der Waals surface area contributed by atoms with Crippen LogP contribution in [0.15, 0.2) is 0 Å². The Kier molecular flexibility index (Phi) is 5.23. The second kappa shape index (κ2) is 7.49. The molecule has 0 aliphatic carbocycles. The Bertz CT molecular complexity index is 687. The fourth-order valence-corrected chi connectivity index (χ4v) is 6.28. The molecule has 0 unspecified atom stereocenters. The van der Waals surface area contributed by atoms with Crippen LogP contribution in [0.2, 0.25) is 0 Å². The number of halogens is 1. The lowest BCUT2D eigenvalue weighted by atomic mass is 9.80. The van der Waals surface area contributed by atoms with Crippen LogP contribution in [0.4, 0.5) is 4.79 Å². The maximum atomic E-state index is 11.8. The quantitative estimate of drug-likeness (QED) is 0.311. The normalized spacial score (nSPS) is 51.8. The van der Waals surface area contributed by atoms with Crippen LogP contribution in [0.1, 0.15) is 46.0 Å². The molecule has 0 aromatic rings. The van der Waals surface area contributed by atoms with Crippen molar-refractivity contribution in [2.45, 2.75) is 94.5 Å². The molecule has 29 heavy (non-hydrogen) atoms. The summed E-state index contributed by atoms with van der Waals surface area (Å²) in [5.41, 5.74) is 0. The van der Waals surface area contributed by atoms with Crippen molar-refractivity contribution in [1.29, 1.82) is 0 Å². The SMILES string of the molecule is C[C@H]1C[C@@]2(C[C@H](C)[C@@H]3O[C@H]([C@@H]4C[C@H](CI)OC(=O)O4)C[C@@H]3O2)O[C@H]2CC(=O)O[C@H]21. The van der Waals surface area contributed by atoms with E-state index in [1.54, 1.807) is 0 Å². The van der Waals surface area contributed by atoms with Gasteiger partial charge in [-0.2, -0.15) is 0 Å². The molecule has 0 aromatic heterocycles. The van der Waals surface area contributed by atoms with Crippen LogP contribution in [0.25, 0.3) is 0 Å². The molecule has 5 aliphatic heterocycles. The van der Waals surface area contributed by atoms with Gasteiger partial charge in [-0.15, -0.1) is 0 Å². The van der Waals surface area contributed by atoms with Gasteiger partial charge in [0.2, 0.25) is 0 Å². The Labute approximate surface area is 183 Å². The molecule has 0 saturated carbocycles. The highest BCUT2D eigenvalue weighted by molar-refractivity contribution is 14.1. The van der Waals surface area contributed by atoms with Gasteiger partial charge >= 0.3 is 12.1 Å². The van der Waals surface area contributed by atoms with E-state index in [4.69, 9.17) is 28.4 Å². The molecule has 1 spiro atoms. The number of fused-ring (bicyclic) bond motifs is 2. The van der Waals surface area contributed by atoms with Crippen LogP contribution in [-0.2, 0) is 33.2 Å². The zero-order chi connectivity index (χ0) is 20.3. The monoisotopic (exact) mass is 522 g/mol. The first-order chi connectivity index (χ1) is 13.9. The maximum Gasteiger partial charge on any atom is 0.508 e. The molecule has 5 aliphatic rings. The lowest BCUT2D eigenvalue weighted by molar-refractivity contribution is -0.346. The van der Waals surface area contributed by atoms with Crippen molar-refractivity contribution in [3.05, 3.63) is 0 Å². The predicted molar refractivity (Wildman–Crippen MR) is 106 cm³/mol. The molecule has 0 amide bonds. The Hall–Kier alpha value is -0.650. The van der Waals surface area contributed by atoms with Crippen molar-refractivity contribution >= 4 is 34.7 Å². The Morgan fingerprint density at radius 3 is 2.38 bits per heavy atom. The second-order valence-electron chi connectivity index (χ2n) is 9.16. The third-order valence-corrected chi connectivity index (χ3v) is 7.86. The van der Waals surface area contributed by atoms with Crippen LogP contribution in [0, 0.1) is 11.8 Å². The largest absolute Gasteiger partial charge is 0.508 e. The molecule has 0 N–H and O–H groups in total. The molecule has 8 nitrogen and oxygen atoms in total. The van der Waals surface area contributed by atoms with E-state index in [9.17, 15) is 9.59 Å². The summed E-state index contributed by atoms with van der Waals surface area (Å²) >= 11 is 2.22. The molecular formula is C20H27IO8. The summed E-state index contributed by atoms with van der Waals surface area (Å²) in [6.45, 7) is 4.25. The third kappa shape index (κ3) is 3.65. The van der Waals surface area contributed by atoms with Gasteiger partial charge in [0.25, 0.3) is 0 Å². The first kappa shape index (κ1) is 20.3. The first-order valence-electron chi connectivity index (χ1n) is 10.5. The Morgan fingerprint density at radius 1 is 0.897 bits per heavy atom. The van der Waals surface area contributed by atoms with E-state index < -0.39 is 11.9 Å². The van der Waals surface area contributed by atoms with Gasteiger partial charge in [-0.1, -0.05) is 36.4 Å². The summed E-state index contributed by atoms with van der Waals surface area (Å²) in [5.74, 6) is -0.481. The first-order valence-corrected chi connectivity index (χ1v) is 12.0. The Morgan fingerprint density at radius 2 is 1.62 bits per heavy atom. The van der Waals surface area contributed by atoms with Crippen molar-refractivity contribution in [3.8, 4) is 0 Å². The summed E-state index contributed by atoms with van der Waals surface area (Å²) in [4.78, 5) is 23.5. The summed E-state index contributed by atoms with van der Waals surface area (Å²) in [6.07, 6.45) is 1.12. The zero-order valence-electron chi connectivity index (χ0n) is 16.6. The molecule has 5 saturated heterocycles. The standard InChI is InChI=1S/C20H27IO8/c1-9-6-20(7-10(2)18-15(29-20)5-16(22)27-18)28-14-4-13(25-17(9)14)12-3-11(8-21)24-19(23)26-12/h9-15,17-18H,3-8H2,1-2H3/t9-,10-,11+,12-,13-,14-,15-,17-,18-,20+/m0/s1. The van der Waals surface area contributed by atoms with Gasteiger partial charge in [-0.05, 0) is 5.92 Å². The van der Waals surface area contributed by atoms with E-state index in [1.165, 1.54) is 0 Å². The van der Waals surface area contributed by atoms with Crippen LogP contribution in [-0.4, -0.2) is 65.1 Å². The second-order valence-corrected chi connectivity index (χ2v) is 10.0. The van der Waals surface area contributed by atoms with E-state index in [0.717, 1.165) is 4.43 Å². The molecule has 5 fully saturated rings. The molecule has 162 valence electrons. The molecule has 9 heteroatoms. The van der Waals surface area contributed by atoms with Crippen LogP contribution in [0.5, 0.6) is 0 Å². The molecular weight excluding hydrogens is 495 g/mol. The average Bonchev–Trinajstić information content (AvgIpc) is 3.24. The number of hydrogen-bond acceptors (Lipinski definition) is 8. The lowest BCUT2D eigenvalue weighted by Gasteiger charge is -2.50. The van der Waals surface area contributed by atoms with Gasteiger partial charge in [-0.3, -0.25) is 4.79 Å². The maximum absolute atomic E-state index is 11.8. The van der Waals surface area contributed by atoms with Crippen LogP contribution in [0.3, 0.4) is 0 Å². The lowest BCUT2D eigenvalue weighted by Crippen LogP contribution is -2.58. The average molecular weight is 522 g/mol. The molecule has 10 atom stereocenters. The van der Waals surface area contributed by atoms with Crippen molar-refractivity contribution in [3.63, 3.8) is 0 Å². The van der Waals surface area contributed by atoms with Gasteiger partial charge in [-0.25, -0.2) is 4.79 Å². The van der Waals surface area contributed by atoms with Crippen molar-refractivity contribution < 1.29 is 38.0 Å². The number of rotatable bonds is 2. The van der Waals surface area contributed by atoms with Gasteiger partial charge in [0.05, 0.1) is 24.7 Å². The smallest absolute Gasteiger partial charge is 0.459 e. The summed E-state index contributed by atoms with van der Waals surface area (Å²) in [7, 11) is 0. The minimum absolute atomic E-state index is 0.0525. The topological polar surface area (TPSA) is 89.5 Å². The highest BCUT2D eigenvalue weighted by atomic mass is 127. The van der Waals surface area contributed by atoms with Crippen LogP contribution >= 0.6 is 22.6 Å². The minimum Gasteiger partial charge on any atom is -0.459 e. The molecule has 0 aromatic carbocycles. The highest BCUT2D eigenvalue weighted by Gasteiger charge is 2.58. The Balaban J connectivity index is 1.29. The van der Waals surface area contributed by atoms with Gasteiger partial charge in [0, 0.05) is 36.0 Å². The van der Waals surface area contributed by atoms with E-state index in [2.05, 4.69) is 36.4 Å². The number of carbonyl (C=O) groups excluding carboxylic acids is 2. The zero-order valence-corrected chi connectivity index (χ0v) is 18.7. The highest BCUT2D eigenvalue weighted by Crippen LogP contribution is 2.50.